The molecule has 0 rings (SSSR count). The third-order valence-corrected chi connectivity index (χ3v) is 0.506. The molecule has 0 aliphatic heterocycles. The van der Waals surface area contributed by atoms with E-state index >= 15 is 0 Å². The van der Waals surface area contributed by atoms with Crippen LogP contribution in [0.2, 0.25) is 0 Å². The second kappa shape index (κ2) is 5.61. The fourth-order valence-electron chi connectivity index (χ4n) is 0.209. The summed E-state index contributed by atoms with van der Waals surface area (Å²) in [6, 6.07) is 0. The van der Waals surface area contributed by atoms with E-state index in [1.165, 1.54) is 0 Å². The maximum atomic E-state index is 6.66. The van der Waals surface area contributed by atoms with Crippen molar-refractivity contribution >= 4 is 18.4 Å². The molecular weight excluding hydrogens is 144 g/mol. The number of hydrogen-bond acceptors (Lipinski definition) is 3. The molecule has 0 aliphatic rings. The predicted octanol–water partition coefficient (Wildman–Crippen LogP) is -0.571. The molecule has 0 unspecified atom stereocenters. The lowest BCUT2D eigenvalue weighted by Crippen LogP contribution is -2.41. The van der Waals surface area contributed by atoms with Gasteiger partial charge in [0, 0.05) is 0 Å². The van der Waals surface area contributed by atoms with Gasteiger partial charge in [0.25, 0.3) is 0 Å². The molecule has 0 heterocycles. The molecule has 9 heavy (non-hydrogen) atoms. The smallest absolute Gasteiger partial charge is 0.228 e. The molecule has 0 aliphatic carbocycles. The van der Waals surface area contributed by atoms with Crippen LogP contribution in [0.3, 0.4) is 0 Å². The van der Waals surface area contributed by atoms with Crippen molar-refractivity contribution < 1.29 is 4.84 Å². The van der Waals surface area contributed by atoms with Crippen molar-refractivity contribution in [2.45, 2.75) is 6.92 Å². The monoisotopic (exact) mass is 154 g/mol. The molecule has 5 N–H and O–H groups in total. The Morgan fingerprint density at radius 2 is 2.22 bits per heavy atom. The van der Waals surface area contributed by atoms with Gasteiger partial charge in [-0.25, -0.2) is 5.84 Å². The number of hydrazine groups is 1. The number of nitrogens with zero attached hydrogens (tertiary/aromatic N) is 1. The first-order valence-corrected chi connectivity index (χ1v) is 2.20. The summed E-state index contributed by atoms with van der Waals surface area (Å²) in [5.74, 6) is 4.69. The lowest BCUT2D eigenvalue weighted by Gasteiger charge is -2.12. The highest BCUT2D eigenvalue weighted by Crippen LogP contribution is 1.74. The second-order valence-electron chi connectivity index (χ2n) is 1.13. The Balaban J connectivity index is 0. The minimum atomic E-state index is -0.299. The van der Waals surface area contributed by atoms with Crippen LogP contribution in [0.5, 0.6) is 0 Å². The summed E-state index contributed by atoms with van der Waals surface area (Å²) in [6.07, 6.45) is 0. The Kier molecular flexibility index (Phi) is 7.05. The number of guanidine groups is 1. The number of nitrogens with one attached hydrogen (secondary N) is 1. The van der Waals surface area contributed by atoms with Gasteiger partial charge in [0.15, 0.2) is 0 Å². The highest BCUT2D eigenvalue weighted by molar-refractivity contribution is 5.85. The van der Waals surface area contributed by atoms with Gasteiger partial charge in [-0.2, -0.15) is 5.17 Å². The number of nitrogens with two attached hydrogens (primary N) is 2. The van der Waals surface area contributed by atoms with Crippen LogP contribution in [0.25, 0.3) is 0 Å². The van der Waals surface area contributed by atoms with E-state index in [9.17, 15) is 0 Å². The van der Waals surface area contributed by atoms with Crippen molar-refractivity contribution in [1.82, 2.24) is 5.17 Å². The summed E-state index contributed by atoms with van der Waals surface area (Å²) in [6.45, 7) is 2.17. The average molecular weight is 155 g/mol. The summed E-state index contributed by atoms with van der Waals surface area (Å²) in [5, 5.41) is 7.37. The average Bonchev–Trinajstić information content (AvgIpc) is 1.67. The molecular formula is C3H11ClN4O. The van der Waals surface area contributed by atoms with Gasteiger partial charge < -0.3 is 5.73 Å². The first-order chi connectivity index (χ1) is 3.68. The zero-order chi connectivity index (χ0) is 6.57. The number of hydrogen-bond donors (Lipinski definition) is 3. The Hall–Kier alpha value is -0.520. The lowest BCUT2D eigenvalue weighted by molar-refractivity contribution is -0.0971. The van der Waals surface area contributed by atoms with E-state index in [1.54, 1.807) is 6.92 Å². The van der Waals surface area contributed by atoms with E-state index in [0.717, 1.165) is 0 Å². The summed E-state index contributed by atoms with van der Waals surface area (Å²) >= 11 is 0. The quantitative estimate of drug-likeness (QED) is 0.215. The van der Waals surface area contributed by atoms with Crippen LogP contribution in [0, 0.1) is 5.41 Å². The Morgan fingerprint density at radius 3 is 2.33 bits per heavy atom. The van der Waals surface area contributed by atoms with Gasteiger partial charge in [-0.15, -0.1) is 12.4 Å². The van der Waals surface area contributed by atoms with Gasteiger partial charge >= 0.3 is 0 Å². The highest BCUT2D eigenvalue weighted by Gasteiger charge is 1.95. The van der Waals surface area contributed by atoms with E-state index in [4.69, 9.17) is 17.0 Å². The molecule has 0 aromatic heterocycles. The molecule has 5 nitrogen and oxygen atoms in total. The van der Waals surface area contributed by atoms with Gasteiger partial charge in [0.2, 0.25) is 5.96 Å². The molecule has 0 fully saturated rings. The first-order valence-electron chi connectivity index (χ1n) is 2.20. The fraction of sp³-hybridized carbons (Fsp3) is 0.667. The summed E-state index contributed by atoms with van der Waals surface area (Å²) < 4.78 is 0. The van der Waals surface area contributed by atoms with Crippen LogP contribution < -0.4 is 11.6 Å². The Labute approximate surface area is 59.8 Å². The van der Waals surface area contributed by atoms with Crippen LogP contribution in [-0.4, -0.2) is 17.7 Å². The first kappa shape index (κ1) is 11.3. The predicted molar refractivity (Wildman–Crippen MR) is 36.8 cm³/mol. The van der Waals surface area contributed by atoms with Gasteiger partial charge in [-0.05, 0) is 6.92 Å². The molecule has 0 amide bonds. The van der Waals surface area contributed by atoms with Gasteiger partial charge in [0.05, 0.1) is 6.61 Å². The van der Waals surface area contributed by atoms with E-state index in [-0.39, 0.29) is 18.4 Å². The zero-order valence-electron chi connectivity index (χ0n) is 5.13. The van der Waals surface area contributed by atoms with Crippen LogP contribution in [0.1, 0.15) is 6.92 Å². The minimum Gasteiger partial charge on any atom is -0.367 e. The third-order valence-electron chi connectivity index (χ3n) is 0.506. The van der Waals surface area contributed by atoms with Gasteiger partial charge in [0.1, 0.15) is 0 Å². The van der Waals surface area contributed by atoms with Crippen molar-refractivity contribution in [3.05, 3.63) is 0 Å². The number of hydroxylamine groups is 1. The largest absolute Gasteiger partial charge is 0.367 e. The number of halogens is 1. The topological polar surface area (TPSA) is 88.4 Å². The van der Waals surface area contributed by atoms with Gasteiger partial charge in [-0.3, -0.25) is 10.2 Å². The molecule has 6 heteroatoms. The standard InChI is InChI=1S/C3H10N4O.ClH/c1-2-8-7(6)3(4)5;/h2,6H2,1H3,(H3,4,5);1H. The summed E-state index contributed by atoms with van der Waals surface area (Å²) in [7, 11) is 0. The van der Waals surface area contributed by atoms with Crippen molar-refractivity contribution in [1.29, 1.82) is 5.41 Å². The van der Waals surface area contributed by atoms with Crippen molar-refractivity contribution in [3.63, 3.8) is 0 Å². The normalized spacial score (nSPS) is 7.78. The summed E-state index contributed by atoms with van der Waals surface area (Å²) in [4.78, 5) is 4.56. The molecule has 0 atom stereocenters. The van der Waals surface area contributed by atoms with Crippen LogP contribution in [0.4, 0.5) is 0 Å². The highest BCUT2D eigenvalue weighted by atomic mass is 35.5. The van der Waals surface area contributed by atoms with E-state index in [0.29, 0.717) is 11.8 Å². The molecule has 0 radical (unpaired) electrons. The second-order valence-corrected chi connectivity index (χ2v) is 1.13. The molecule has 0 aromatic rings. The van der Waals surface area contributed by atoms with E-state index < -0.39 is 0 Å². The zero-order valence-corrected chi connectivity index (χ0v) is 5.94. The minimum absolute atomic E-state index is 0. The van der Waals surface area contributed by atoms with Gasteiger partial charge in [-0.1, -0.05) is 0 Å². The lowest BCUT2D eigenvalue weighted by atomic mass is 10.9. The Bertz CT molecular complexity index is 87.9. The molecule has 0 saturated carbocycles. The number of rotatable bonds is 2. The van der Waals surface area contributed by atoms with Crippen molar-refractivity contribution in [2.24, 2.45) is 11.6 Å². The van der Waals surface area contributed by atoms with Crippen molar-refractivity contribution in [2.75, 3.05) is 6.61 Å². The molecule has 56 valence electrons. The van der Waals surface area contributed by atoms with Crippen molar-refractivity contribution in [3.8, 4) is 0 Å². The maximum Gasteiger partial charge on any atom is 0.228 e. The third kappa shape index (κ3) is 5.35. The molecule has 0 saturated heterocycles. The van der Waals surface area contributed by atoms with E-state index in [1.807, 2.05) is 0 Å². The van der Waals surface area contributed by atoms with Crippen LogP contribution >= 0.6 is 12.4 Å². The fourth-order valence-corrected chi connectivity index (χ4v) is 0.209. The molecule has 0 aromatic carbocycles. The summed E-state index contributed by atoms with van der Waals surface area (Å²) in [5.41, 5.74) is 4.88. The molecule has 0 bridgehead atoms. The molecule has 0 spiro atoms. The van der Waals surface area contributed by atoms with Crippen LogP contribution in [-0.2, 0) is 4.84 Å². The van der Waals surface area contributed by atoms with E-state index in [2.05, 4.69) is 4.84 Å². The maximum absolute atomic E-state index is 6.66. The Morgan fingerprint density at radius 1 is 1.78 bits per heavy atom. The van der Waals surface area contributed by atoms with Crippen LogP contribution in [0.15, 0.2) is 0 Å². The SMILES string of the molecule is CCON(N)C(=N)N.Cl.